The lowest BCUT2D eigenvalue weighted by Crippen LogP contribution is -2.16. The summed E-state index contributed by atoms with van der Waals surface area (Å²) < 4.78 is 0. The van der Waals surface area contributed by atoms with Gasteiger partial charge < -0.3 is 0 Å². The predicted octanol–water partition coefficient (Wildman–Crippen LogP) is 3.64. The first-order valence-electron chi connectivity index (χ1n) is 6.04. The van der Waals surface area contributed by atoms with Crippen molar-refractivity contribution in [3.05, 3.63) is 11.6 Å². The van der Waals surface area contributed by atoms with E-state index in [1.807, 2.05) is 0 Å². The Hall–Kier alpha value is -0.590. The minimum atomic E-state index is 0.489. The second-order valence-corrected chi connectivity index (χ2v) is 4.82. The summed E-state index contributed by atoms with van der Waals surface area (Å²) in [6.45, 7) is 0. The molecular formula is C13H20O. The number of ketones is 1. The van der Waals surface area contributed by atoms with Crippen molar-refractivity contribution in [2.45, 2.75) is 57.8 Å². The molecule has 2 aliphatic rings. The minimum absolute atomic E-state index is 0.489. The molecule has 78 valence electrons. The lowest BCUT2D eigenvalue weighted by atomic mass is 9.80. The van der Waals surface area contributed by atoms with Crippen LogP contribution in [0, 0.1) is 5.92 Å². The molecular weight excluding hydrogens is 172 g/mol. The summed E-state index contributed by atoms with van der Waals surface area (Å²) in [6, 6.07) is 0. The third-order valence-corrected chi connectivity index (χ3v) is 3.55. The molecule has 0 unspecified atom stereocenters. The molecule has 0 N–H and O–H groups in total. The molecule has 0 aromatic rings. The predicted molar refractivity (Wildman–Crippen MR) is 58.1 cm³/mol. The molecule has 0 bridgehead atoms. The van der Waals surface area contributed by atoms with E-state index in [2.05, 4.69) is 6.08 Å². The molecule has 0 spiro atoms. The fourth-order valence-corrected chi connectivity index (χ4v) is 2.41. The highest BCUT2D eigenvalue weighted by atomic mass is 16.1. The Kier molecular flexibility index (Phi) is 3.39. The van der Waals surface area contributed by atoms with Gasteiger partial charge in [-0.1, -0.05) is 30.9 Å². The van der Waals surface area contributed by atoms with Crippen LogP contribution in [0.5, 0.6) is 0 Å². The molecule has 1 nitrogen and oxygen atoms in total. The maximum absolute atomic E-state index is 11.7. The topological polar surface area (TPSA) is 17.1 Å². The zero-order chi connectivity index (χ0) is 9.80. The summed E-state index contributed by atoms with van der Waals surface area (Å²) in [5, 5.41) is 0. The van der Waals surface area contributed by atoms with Gasteiger partial charge in [-0.2, -0.15) is 0 Å². The number of allylic oxidation sites excluding steroid dienone is 2. The first kappa shape index (κ1) is 9.95. The van der Waals surface area contributed by atoms with E-state index in [1.54, 1.807) is 0 Å². The minimum Gasteiger partial charge on any atom is -0.299 e. The van der Waals surface area contributed by atoms with Crippen LogP contribution in [0.15, 0.2) is 11.6 Å². The Morgan fingerprint density at radius 2 is 2.14 bits per heavy atom. The van der Waals surface area contributed by atoms with Crippen LogP contribution in [0.25, 0.3) is 0 Å². The van der Waals surface area contributed by atoms with Crippen molar-refractivity contribution in [2.75, 3.05) is 0 Å². The Balaban J connectivity index is 1.72. The van der Waals surface area contributed by atoms with Crippen molar-refractivity contribution >= 4 is 5.78 Å². The molecule has 1 saturated carbocycles. The van der Waals surface area contributed by atoms with Crippen molar-refractivity contribution in [3.63, 3.8) is 0 Å². The molecule has 0 aromatic heterocycles. The number of hydrogen-bond acceptors (Lipinski definition) is 1. The summed E-state index contributed by atoms with van der Waals surface area (Å²) in [5.74, 6) is 1.23. The monoisotopic (exact) mass is 192 g/mol. The van der Waals surface area contributed by atoms with Crippen molar-refractivity contribution in [1.29, 1.82) is 0 Å². The summed E-state index contributed by atoms with van der Waals surface area (Å²) in [6.07, 6.45) is 12.8. The van der Waals surface area contributed by atoms with Gasteiger partial charge in [-0.25, -0.2) is 0 Å². The molecule has 2 rings (SSSR count). The van der Waals surface area contributed by atoms with Crippen LogP contribution in [0.3, 0.4) is 0 Å². The Labute approximate surface area is 86.6 Å². The van der Waals surface area contributed by atoms with Gasteiger partial charge in [0.05, 0.1) is 0 Å². The number of carbonyl (C=O) groups excluding carboxylic acids is 1. The Morgan fingerprint density at radius 3 is 2.71 bits per heavy atom. The SMILES string of the molecule is O=C(CC1=CCCCC1)CC1CCC1. The highest BCUT2D eigenvalue weighted by Gasteiger charge is 2.21. The number of carbonyl (C=O) groups is 1. The molecule has 0 atom stereocenters. The van der Waals surface area contributed by atoms with Gasteiger partial charge in [0.2, 0.25) is 0 Å². The first-order valence-corrected chi connectivity index (χ1v) is 6.04. The molecule has 0 heterocycles. The molecule has 0 amide bonds. The zero-order valence-corrected chi connectivity index (χ0v) is 8.93. The van der Waals surface area contributed by atoms with Gasteiger partial charge in [-0.15, -0.1) is 0 Å². The number of Topliss-reactive ketones (excluding diaryl/α,β-unsaturated/α-hetero) is 1. The van der Waals surface area contributed by atoms with Crippen molar-refractivity contribution in [2.24, 2.45) is 5.92 Å². The van der Waals surface area contributed by atoms with Gasteiger partial charge in [0.1, 0.15) is 5.78 Å². The summed E-state index contributed by atoms with van der Waals surface area (Å²) >= 11 is 0. The second kappa shape index (κ2) is 4.77. The Morgan fingerprint density at radius 1 is 1.29 bits per heavy atom. The standard InChI is InChI=1S/C13H20O/c14-13(10-12-7-4-8-12)9-11-5-2-1-3-6-11/h5,12H,1-4,6-10H2. The van der Waals surface area contributed by atoms with E-state index in [-0.39, 0.29) is 0 Å². The molecule has 14 heavy (non-hydrogen) atoms. The first-order chi connectivity index (χ1) is 6.84. The average molecular weight is 192 g/mol. The Bertz CT molecular complexity index is 236. The van der Waals surface area contributed by atoms with Crippen LogP contribution in [-0.2, 0) is 4.79 Å². The molecule has 0 aromatic carbocycles. The smallest absolute Gasteiger partial charge is 0.137 e. The molecule has 0 saturated heterocycles. The van der Waals surface area contributed by atoms with Crippen LogP contribution in [0.1, 0.15) is 57.8 Å². The zero-order valence-electron chi connectivity index (χ0n) is 8.93. The van der Waals surface area contributed by atoms with E-state index in [4.69, 9.17) is 0 Å². The molecule has 2 aliphatic carbocycles. The van der Waals surface area contributed by atoms with Crippen LogP contribution < -0.4 is 0 Å². The molecule has 1 fully saturated rings. The number of hydrogen-bond donors (Lipinski definition) is 0. The van der Waals surface area contributed by atoms with Gasteiger partial charge in [0, 0.05) is 12.8 Å². The van der Waals surface area contributed by atoms with Gasteiger partial charge in [0.15, 0.2) is 0 Å². The second-order valence-electron chi connectivity index (χ2n) is 4.82. The lowest BCUT2D eigenvalue weighted by Gasteiger charge is -2.24. The van der Waals surface area contributed by atoms with Gasteiger partial charge >= 0.3 is 0 Å². The molecule has 0 radical (unpaired) electrons. The lowest BCUT2D eigenvalue weighted by molar-refractivity contribution is -0.119. The molecule has 0 aliphatic heterocycles. The van der Waals surface area contributed by atoms with Crippen LogP contribution in [0.4, 0.5) is 0 Å². The van der Waals surface area contributed by atoms with E-state index >= 15 is 0 Å². The highest BCUT2D eigenvalue weighted by Crippen LogP contribution is 2.31. The summed E-state index contributed by atoms with van der Waals surface area (Å²) in [5.41, 5.74) is 1.42. The maximum atomic E-state index is 11.7. The number of rotatable bonds is 4. The largest absolute Gasteiger partial charge is 0.299 e. The van der Waals surface area contributed by atoms with Crippen LogP contribution in [0.2, 0.25) is 0 Å². The van der Waals surface area contributed by atoms with Crippen molar-refractivity contribution < 1.29 is 4.79 Å². The fraction of sp³-hybridized carbons (Fsp3) is 0.769. The van der Waals surface area contributed by atoms with E-state index in [0.29, 0.717) is 5.78 Å². The fourth-order valence-electron chi connectivity index (χ4n) is 2.41. The van der Waals surface area contributed by atoms with Gasteiger partial charge in [-0.3, -0.25) is 4.79 Å². The van der Waals surface area contributed by atoms with Gasteiger partial charge in [-0.05, 0) is 31.6 Å². The summed E-state index contributed by atoms with van der Waals surface area (Å²) in [4.78, 5) is 11.7. The quantitative estimate of drug-likeness (QED) is 0.621. The van der Waals surface area contributed by atoms with Crippen molar-refractivity contribution in [1.82, 2.24) is 0 Å². The van der Waals surface area contributed by atoms with Crippen molar-refractivity contribution in [3.8, 4) is 0 Å². The molecule has 1 heteroatoms. The van der Waals surface area contributed by atoms with Crippen LogP contribution >= 0.6 is 0 Å². The van der Waals surface area contributed by atoms with E-state index in [1.165, 1.54) is 50.5 Å². The third kappa shape index (κ3) is 2.70. The van der Waals surface area contributed by atoms with E-state index in [0.717, 1.165) is 18.8 Å². The summed E-state index contributed by atoms with van der Waals surface area (Å²) in [7, 11) is 0. The third-order valence-electron chi connectivity index (χ3n) is 3.55. The van der Waals surface area contributed by atoms with Gasteiger partial charge in [0.25, 0.3) is 0 Å². The van der Waals surface area contributed by atoms with E-state index < -0.39 is 0 Å². The van der Waals surface area contributed by atoms with Crippen LogP contribution in [-0.4, -0.2) is 5.78 Å². The normalized spacial score (nSPS) is 22.7. The highest BCUT2D eigenvalue weighted by molar-refractivity contribution is 5.81. The average Bonchev–Trinajstić information content (AvgIpc) is 2.13. The maximum Gasteiger partial charge on any atom is 0.137 e. The van der Waals surface area contributed by atoms with E-state index in [9.17, 15) is 4.79 Å².